The van der Waals surface area contributed by atoms with Gasteiger partial charge in [-0.2, -0.15) is 0 Å². The fourth-order valence-corrected chi connectivity index (χ4v) is 1.58. The number of carboxylic acids is 1. The second kappa shape index (κ2) is 8.99. The molecule has 0 aliphatic carbocycles. The minimum absolute atomic E-state index is 0.0302. The van der Waals surface area contributed by atoms with Crippen molar-refractivity contribution in [1.82, 2.24) is 5.32 Å². The molecule has 124 valence electrons. The van der Waals surface area contributed by atoms with Crippen LogP contribution < -0.4 is 5.32 Å². The van der Waals surface area contributed by atoms with Gasteiger partial charge in [-0.1, -0.05) is 13.2 Å². The van der Waals surface area contributed by atoms with E-state index in [-0.39, 0.29) is 37.2 Å². The number of esters is 2. The Morgan fingerprint density at radius 1 is 1.00 bits per heavy atom. The molecule has 7 nitrogen and oxygen atoms in total. The molecule has 0 aliphatic rings. The van der Waals surface area contributed by atoms with Crippen LogP contribution in [0.2, 0.25) is 0 Å². The highest BCUT2D eigenvalue weighted by molar-refractivity contribution is 5.87. The third kappa shape index (κ3) is 6.09. The molecule has 0 saturated carbocycles. The van der Waals surface area contributed by atoms with Crippen LogP contribution in [0, 0.1) is 0 Å². The summed E-state index contributed by atoms with van der Waals surface area (Å²) in [6, 6.07) is 0. The summed E-state index contributed by atoms with van der Waals surface area (Å²) in [6.45, 7) is 9.70. The van der Waals surface area contributed by atoms with Crippen molar-refractivity contribution in [2.45, 2.75) is 32.2 Å². The van der Waals surface area contributed by atoms with Crippen LogP contribution in [0.15, 0.2) is 24.3 Å². The number of rotatable bonds is 10. The first-order chi connectivity index (χ1) is 10.2. The van der Waals surface area contributed by atoms with E-state index < -0.39 is 23.4 Å². The van der Waals surface area contributed by atoms with Crippen molar-refractivity contribution in [2.24, 2.45) is 0 Å². The zero-order valence-electron chi connectivity index (χ0n) is 13.2. The lowest BCUT2D eigenvalue weighted by molar-refractivity contribution is -0.150. The van der Waals surface area contributed by atoms with Crippen LogP contribution in [-0.2, 0) is 23.9 Å². The maximum Gasteiger partial charge on any atom is 0.333 e. The molecule has 0 rings (SSSR count). The Morgan fingerprint density at radius 2 is 1.36 bits per heavy atom. The Hall–Kier alpha value is -2.15. The molecule has 0 aromatic heterocycles. The van der Waals surface area contributed by atoms with E-state index in [0.717, 1.165) is 0 Å². The van der Waals surface area contributed by atoms with Gasteiger partial charge in [0.1, 0.15) is 5.54 Å². The van der Waals surface area contributed by atoms with Gasteiger partial charge in [-0.15, -0.1) is 0 Å². The van der Waals surface area contributed by atoms with Gasteiger partial charge in [-0.05, 0) is 20.9 Å². The zero-order valence-corrected chi connectivity index (χ0v) is 13.2. The Morgan fingerprint density at radius 3 is 1.59 bits per heavy atom. The molecule has 0 bridgehead atoms. The van der Waals surface area contributed by atoms with E-state index in [9.17, 15) is 19.5 Å². The Balaban J connectivity index is 4.62. The van der Waals surface area contributed by atoms with Crippen molar-refractivity contribution in [3.63, 3.8) is 0 Å². The molecule has 7 heteroatoms. The fraction of sp³-hybridized carbons (Fsp3) is 0.533. The Bertz CT molecular complexity index is 437. The number of nitrogens with one attached hydrogen (secondary N) is 1. The van der Waals surface area contributed by atoms with E-state index in [1.165, 1.54) is 20.9 Å². The summed E-state index contributed by atoms with van der Waals surface area (Å²) in [6.07, 6.45) is 0.0605. The monoisotopic (exact) mass is 313 g/mol. The fourth-order valence-electron chi connectivity index (χ4n) is 1.58. The van der Waals surface area contributed by atoms with Crippen LogP contribution in [0.3, 0.4) is 0 Å². The van der Waals surface area contributed by atoms with Crippen LogP contribution in [0.1, 0.15) is 26.7 Å². The number of carbonyl (C=O) groups is 3. The maximum absolute atomic E-state index is 11.5. The minimum atomic E-state index is -1.36. The molecule has 0 heterocycles. The SMILES string of the molecule is C=C(C)C(=O)OCCC(CCOC(=O)C(=C)C)(NC)C(=O)O. The van der Waals surface area contributed by atoms with Crippen LogP contribution >= 0.6 is 0 Å². The highest BCUT2D eigenvalue weighted by Gasteiger charge is 2.37. The van der Waals surface area contributed by atoms with Gasteiger partial charge in [0.05, 0.1) is 13.2 Å². The normalized spacial score (nSPS) is 10.7. The Kier molecular flexibility index (Phi) is 8.11. The smallest absolute Gasteiger partial charge is 0.333 e. The standard InChI is InChI=1S/C15H23NO6/c1-10(2)12(17)21-8-6-15(16-5,14(19)20)7-9-22-13(18)11(3)4/h16H,1,3,6-9H2,2,4-5H3,(H,19,20). The molecular formula is C15H23NO6. The van der Waals surface area contributed by atoms with Crippen molar-refractivity contribution in [1.29, 1.82) is 0 Å². The molecule has 0 aliphatic heterocycles. The van der Waals surface area contributed by atoms with Gasteiger partial charge in [0, 0.05) is 24.0 Å². The third-order valence-corrected chi connectivity index (χ3v) is 3.11. The van der Waals surface area contributed by atoms with Crippen LogP contribution in [-0.4, -0.2) is 48.8 Å². The van der Waals surface area contributed by atoms with E-state index in [1.54, 1.807) is 0 Å². The van der Waals surface area contributed by atoms with Crippen molar-refractivity contribution in [2.75, 3.05) is 20.3 Å². The lowest BCUT2D eigenvalue weighted by atomic mass is 9.92. The molecular weight excluding hydrogens is 290 g/mol. The molecule has 2 N–H and O–H groups in total. The van der Waals surface area contributed by atoms with Crippen molar-refractivity contribution in [3.8, 4) is 0 Å². The summed E-state index contributed by atoms with van der Waals surface area (Å²) in [5.41, 5.74) is -0.883. The van der Waals surface area contributed by atoms with E-state index >= 15 is 0 Å². The van der Waals surface area contributed by atoms with Gasteiger partial charge in [0.25, 0.3) is 0 Å². The molecule has 0 spiro atoms. The first-order valence-corrected chi connectivity index (χ1v) is 6.74. The van der Waals surface area contributed by atoms with Crippen molar-refractivity contribution < 1.29 is 29.0 Å². The molecule has 0 radical (unpaired) electrons. The van der Waals surface area contributed by atoms with Gasteiger partial charge >= 0.3 is 17.9 Å². The van der Waals surface area contributed by atoms with Crippen molar-refractivity contribution in [3.05, 3.63) is 24.3 Å². The van der Waals surface area contributed by atoms with Crippen LogP contribution in [0.4, 0.5) is 0 Å². The second-order valence-corrected chi connectivity index (χ2v) is 4.97. The predicted molar refractivity (Wildman–Crippen MR) is 80.2 cm³/mol. The molecule has 0 aromatic carbocycles. The number of carboxylic acid groups (broad SMARTS) is 1. The first kappa shape index (κ1) is 19.9. The highest BCUT2D eigenvalue weighted by atomic mass is 16.5. The molecule has 0 fully saturated rings. The van der Waals surface area contributed by atoms with Crippen LogP contribution in [0.5, 0.6) is 0 Å². The summed E-state index contributed by atoms with van der Waals surface area (Å²) in [5, 5.41) is 12.1. The average Bonchev–Trinajstić information content (AvgIpc) is 2.44. The van der Waals surface area contributed by atoms with Gasteiger partial charge in [-0.25, -0.2) is 9.59 Å². The molecule has 0 aromatic rings. The van der Waals surface area contributed by atoms with Gasteiger partial charge in [-0.3, -0.25) is 4.79 Å². The zero-order chi connectivity index (χ0) is 17.3. The molecule has 0 unspecified atom stereocenters. The summed E-state index contributed by atoms with van der Waals surface area (Å²) in [4.78, 5) is 34.1. The number of hydrogen-bond donors (Lipinski definition) is 2. The Labute approximate surface area is 130 Å². The summed E-state index contributed by atoms with van der Waals surface area (Å²) >= 11 is 0. The lowest BCUT2D eigenvalue weighted by Crippen LogP contribution is -2.52. The predicted octanol–water partition coefficient (Wildman–Crippen LogP) is 1.05. The van der Waals surface area contributed by atoms with Crippen LogP contribution in [0.25, 0.3) is 0 Å². The second-order valence-electron chi connectivity index (χ2n) is 4.97. The van der Waals surface area contributed by atoms with Crippen molar-refractivity contribution >= 4 is 17.9 Å². The largest absolute Gasteiger partial charge is 0.480 e. The van der Waals surface area contributed by atoms with E-state index in [0.29, 0.717) is 0 Å². The number of aliphatic carboxylic acids is 1. The summed E-state index contributed by atoms with van der Waals surface area (Å²) in [5.74, 6) is -2.28. The first-order valence-electron chi connectivity index (χ1n) is 6.74. The third-order valence-electron chi connectivity index (χ3n) is 3.11. The number of hydrogen-bond acceptors (Lipinski definition) is 6. The number of ether oxygens (including phenoxy) is 2. The molecule has 22 heavy (non-hydrogen) atoms. The van der Waals surface area contributed by atoms with E-state index in [1.807, 2.05) is 0 Å². The minimum Gasteiger partial charge on any atom is -0.480 e. The number of likely N-dealkylation sites (N-methyl/N-ethyl adjacent to an activating group) is 1. The van der Waals surface area contributed by atoms with Gasteiger partial charge in [0.2, 0.25) is 0 Å². The van der Waals surface area contributed by atoms with E-state index in [2.05, 4.69) is 18.5 Å². The van der Waals surface area contributed by atoms with E-state index in [4.69, 9.17) is 9.47 Å². The topological polar surface area (TPSA) is 102 Å². The molecule has 0 amide bonds. The maximum atomic E-state index is 11.5. The highest BCUT2D eigenvalue weighted by Crippen LogP contribution is 2.17. The summed E-state index contributed by atoms with van der Waals surface area (Å²) in [7, 11) is 1.48. The van der Waals surface area contributed by atoms with Gasteiger partial charge < -0.3 is 19.9 Å². The summed E-state index contributed by atoms with van der Waals surface area (Å²) < 4.78 is 9.83. The lowest BCUT2D eigenvalue weighted by Gasteiger charge is -2.28. The average molecular weight is 313 g/mol. The van der Waals surface area contributed by atoms with Gasteiger partial charge in [0.15, 0.2) is 0 Å². The number of carbonyl (C=O) groups excluding carboxylic acids is 2. The quantitative estimate of drug-likeness (QED) is 0.459. The molecule has 0 saturated heterocycles. The molecule has 0 atom stereocenters.